The summed E-state index contributed by atoms with van der Waals surface area (Å²) in [5, 5.41) is 17.7. The maximum absolute atomic E-state index is 12.0. The second kappa shape index (κ2) is 5.37. The Kier molecular flexibility index (Phi) is 3.76. The molecular weight excluding hydrogens is 302 g/mol. The number of sulfonamides is 1. The molecule has 3 N–H and O–H groups in total. The minimum atomic E-state index is -4.09. The van der Waals surface area contributed by atoms with Crippen molar-refractivity contribution in [2.24, 2.45) is 0 Å². The minimum Gasteiger partial charge on any atom is -0.504 e. The second-order valence-corrected chi connectivity index (χ2v) is 5.53. The predicted molar refractivity (Wildman–Crippen MR) is 71.1 cm³/mol. The van der Waals surface area contributed by atoms with Gasteiger partial charge in [0.25, 0.3) is 10.0 Å². The Labute approximate surface area is 119 Å². The molecule has 0 aliphatic heterocycles. The van der Waals surface area contributed by atoms with Crippen molar-refractivity contribution in [3.05, 3.63) is 36.1 Å². The Hall–Kier alpha value is -2.68. The molecule has 21 heavy (non-hydrogen) atoms. The van der Waals surface area contributed by atoms with Crippen LogP contribution >= 0.6 is 0 Å². The Morgan fingerprint density at radius 3 is 2.52 bits per heavy atom. The fraction of sp³-hybridized carbons (Fsp3) is 0.0833. The lowest BCUT2D eigenvalue weighted by Gasteiger charge is -2.08. The minimum absolute atomic E-state index is 0.0709. The van der Waals surface area contributed by atoms with Crippen LogP contribution < -0.4 is 9.46 Å². The SMILES string of the molecule is COc1ccc(NS(=O)(=O)c2ccc(C(=O)O)o2)cc1O. The van der Waals surface area contributed by atoms with Crippen molar-refractivity contribution in [2.75, 3.05) is 11.8 Å². The first-order valence-electron chi connectivity index (χ1n) is 5.56. The highest BCUT2D eigenvalue weighted by molar-refractivity contribution is 7.92. The van der Waals surface area contributed by atoms with Gasteiger partial charge in [0.2, 0.25) is 10.9 Å². The number of nitrogens with one attached hydrogen (secondary N) is 1. The molecule has 0 aliphatic rings. The number of hydrogen-bond donors (Lipinski definition) is 3. The third kappa shape index (κ3) is 3.08. The van der Waals surface area contributed by atoms with Gasteiger partial charge in [-0.2, -0.15) is 8.42 Å². The van der Waals surface area contributed by atoms with Crippen LogP contribution in [0.1, 0.15) is 10.6 Å². The number of rotatable bonds is 5. The molecule has 2 rings (SSSR count). The lowest BCUT2D eigenvalue weighted by molar-refractivity contribution is 0.0656. The first-order valence-corrected chi connectivity index (χ1v) is 7.05. The van der Waals surface area contributed by atoms with E-state index >= 15 is 0 Å². The summed E-state index contributed by atoms with van der Waals surface area (Å²) in [6, 6.07) is 5.95. The van der Waals surface area contributed by atoms with E-state index in [-0.39, 0.29) is 17.2 Å². The van der Waals surface area contributed by atoms with E-state index in [4.69, 9.17) is 14.3 Å². The Bertz CT molecular complexity index is 779. The molecule has 0 bridgehead atoms. The molecule has 1 heterocycles. The van der Waals surface area contributed by atoms with Gasteiger partial charge < -0.3 is 19.4 Å². The Morgan fingerprint density at radius 1 is 1.29 bits per heavy atom. The molecule has 0 unspecified atom stereocenters. The number of phenolic OH excluding ortho intramolecular Hbond substituents is 1. The van der Waals surface area contributed by atoms with Gasteiger partial charge in [-0.15, -0.1) is 0 Å². The van der Waals surface area contributed by atoms with Gasteiger partial charge in [0, 0.05) is 6.07 Å². The molecule has 1 aromatic heterocycles. The van der Waals surface area contributed by atoms with Crippen molar-refractivity contribution in [1.82, 2.24) is 0 Å². The standard InChI is InChI=1S/C12H11NO7S/c1-19-9-3-2-7(6-8(9)14)13-21(17,18)11-5-4-10(20-11)12(15)16/h2-6,13-14H,1H3,(H,15,16). The number of hydrogen-bond acceptors (Lipinski definition) is 6. The summed E-state index contributed by atoms with van der Waals surface area (Å²) in [6.07, 6.45) is 0. The lowest BCUT2D eigenvalue weighted by Crippen LogP contribution is -2.12. The average molecular weight is 313 g/mol. The number of methoxy groups -OCH3 is 1. The van der Waals surface area contributed by atoms with E-state index in [2.05, 4.69) is 4.72 Å². The molecule has 0 radical (unpaired) electrons. The normalized spacial score (nSPS) is 11.1. The molecule has 0 atom stereocenters. The van der Waals surface area contributed by atoms with Gasteiger partial charge in [0.1, 0.15) is 0 Å². The van der Waals surface area contributed by atoms with Gasteiger partial charge >= 0.3 is 5.97 Å². The number of anilines is 1. The molecule has 112 valence electrons. The van der Waals surface area contributed by atoms with Crippen molar-refractivity contribution in [1.29, 1.82) is 0 Å². The van der Waals surface area contributed by atoms with Gasteiger partial charge in [0.05, 0.1) is 12.8 Å². The monoisotopic (exact) mass is 313 g/mol. The molecule has 0 saturated carbocycles. The van der Waals surface area contributed by atoms with Crippen molar-refractivity contribution in [3.8, 4) is 11.5 Å². The topological polar surface area (TPSA) is 126 Å². The van der Waals surface area contributed by atoms with Gasteiger partial charge in [-0.05, 0) is 24.3 Å². The summed E-state index contributed by atoms with van der Waals surface area (Å²) in [6.45, 7) is 0. The smallest absolute Gasteiger partial charge is 0.371 e. The highest BCUT2D eigenvalue weighted by Crippen LogP contribution is 2.29. The van der Waals surface area contributed by atoms with Crippen LogP contribution in [0.3, 0.4) is 0 Å². The van der Waals surface area contributed by atoms with E-state index in [0.29, 0.717) is 0 Å². The van der Waals surface area contributed by atoms with E-state index in [1.165, 1.54) is 19.2 Å². The summed E-state index contributed by atoms with van der Waals surface area (Å²) in [7, 11) is -2.74. The highest BCUT2D eigenvalue weighted by atomic mass is 32.2. The van der Waals surface area contributed by atoms with Crippen LogP contribution in [0, 0.1) is 0 Å². The highest BCUT2D eigenvalue weighted by Gasteiger charge is 2.21. The Morgan fingerprint density at radius 2 is 2.00 bits per heavy atom. The van der Waals surface area contributed by atoms with Crippen molar-refractivity contribution < 1.29 is 32.6 Å². The number of ether oxygens (including phenoxy) is 1. The molecule has 0 fully saturated rings. The van der Waals surface area contributed by atoms with E-state index in [1.807, 2.05) is 0 Å². The Balaban J connectivity index is 2.28. The summed E-state index contributed by atoms with van der Waals surface area (Å²) in [4.78, 5) is 10.7. The summed E-state index contributed by atoms with van der Waals surface area (Å²) in [5.74, 6) is -1.93. The van der Waals surface area contributed by atoms with E-state index in [9.17, 15) is 18.3 Å². The molecule has 0 amide bonds. The number of furan rings is 1. The maximum Gasteiger partial charge on any atom is 0.371 e. The third-order valence-corrected chi connectivity index (χ3v) is 3.74. The number of carboxylic acids is 1. The van der Waals surface area contributed by atoms with Crippen molar-refractivity contribution >= 4 is 21.7 Å². The van der Waals surface area contributed by atoms with Crippen LogP contribution in [-0.2, 0) is 10.0 Å². The number of aromatic carboxylic acids is 1. The first kappa shape index (κ1) is 14.7. The molecule has 0 spiro atoms. The average Bonchev–Trinajstić information content (AvgIpc) is 2.89. The zero-order valence-corrected chi connectivity index (χ0v) is 11.5. The second-order valence-electron chi connectivity index (χ2n) is 3.92. The van der Waals surface area contributed by atoms with Crippen LogP contribution in [-0.4, -0.2) is 31.7 Å². The van der Waals surface area contributed by atoms with Gasteiger partial charge in [-0.3, -0.25) is 4.72 Å². The summed E-state index contributed by atoms with van der Waals surface area (Å²) in [5.41, 5.74) is 0.0709. The number of aromatic hydroxyl groups is 1. The van der Waals surface area contributed by atoms with E-state index in [1.54, 1.807) is 0 Å². The number of benzene rings is 1. The largest absolute Gasteiger partial charge is 0.504 e. The fourth-order valence-corrected chi connectivity index (χ4v) is 2.52. The molecule has 2 aromatic rings. The molecule has 0 saturated heterocycles. The zero-order valence-electron chi connectivity index (χ0n) is 10.7. The van der Waals surface area contributed by atoms with Crippen LogP contribution in [0.25, 0.3) is 0 Å². The molecular formula is C12H11NO7S. The molecule has 8 nitrogen and oxygen atoms in total. The van der Waals surface area contributed by atoms with Crippen LogP contribution in [0.4, 0.5) is 5.69 Å². The summed E-state index contributed by atoms with van der Waals surface area (Å²) >= 11 is 0. The first-order chi connectivity index (χ1) is 9.83. The van der Waals surface area contributed by atoms with Crippen LogP contribution in [0.2, 0.25) is 0 Å². The van der Waals surface area contributed by atoms with Gasteiger partial charge in [-0.25, -0.2) is 4.79 Å². The fourth-order valence-electron chi connectivity index (χ4n) is 1.54. The summed E-state index contributed by atoms with van der Waals surface area (Å²) < 4.78 is 35.7. The molecule has 9 heteroatoms. The van der Waals surface area contributed by atoms with Gasteiger partial charge in [-0.1, -0.05) is 0 Å². The maximum atomic E-state index is 12.0. The van der Waals surface area contributed by atoms with E-state index < -0.39 is 26.8 Å². The zero-order chi connectivity index (χ0) is 15.6. The van der Waals surface area contributed by atoms with Gasteiger partial charge in [0.15, 0.2) is 11.5 Å². The quantitative estimate of drug-likeness (QED) is 0.763. The van der Waals surface area contributed by atoms with Crippen molar-refractivity contribution in [3.63, 3.8) is 0 Å². The van der Waals surface area contributed by atoms with Crippen LogP contribution in [0.5, 0.6) is 11.5 Å². The third-order valence-electron chi connectivity index (χ3n) is 2.49. The molecule has 0 aliphatic carbocycles. The van der Waals surface area contributed by atoms with E-state index in [0.717, 1.165) is 18.2 Å². The lowest BCUT2D eigenvalue weighted by atomic mass is 10.3. The molecule has 1 aromatic carbocycles. The predicted octanol–water partition coefficient (Wildman–Crippen LogP) is 1.49. The number of carboxylic acid groups (broad SMARTS) is 1. The number of phenols is 1. The van der Waals surface area contributed by atoms with Crippen molar-refractivity contribution in [2.45, 2.75) is 5.09 Å². The number of carbonyl (C=O) groups is 1. The van der Waals surface area contributed by atoms with Crippen LogP contribution in [0.15, 0.2) is 39.8 Å².